The Balaban J connectivity index is 2.30. The summed E-state index contributed by atoms with van der Waals surface area (Å²) in [6, 6.07) is 16.7. The van der Waals surface area contributed by atoms with Gasteiger partial charge in [-0.1, -0.05) is 49.7 Å². The standard InChI is InChI=1S/C17H17FN2/c1-2-7-16(13-8-4-3-5-9-13)20-17-11-6-10-15(18)14(17)12-19/h3-6,8-11,16,20H,2,7H2,1H3. The van der Waals surface area contributed by atoms with E-state index in [0.29, 0.717) is 5.69 Å². The van der Waals surface area contributed by atoms with Gasteiger partial charge in [0.25, 0.3) is 0 Å². The Morgan fingerprint density at radius 2 is 1.90 bits per heavy atom. The van der Waals surface area contributed by atoms with E-state index in [1.807, 2.05) is 36.4 Å². The molecule has 0 aliphatic rings. The van der Waals surface area contributed by atoms with Crippen molar-refractivity contribution in [1.29, 1.82) is 5.26 Å². The highest BCUT2D eigenvalue weighted by Crippen LogP contribution is 2.26. The summed E-state index contributed by atoms with van der Waals surface area (Å²) in [5.41, 5.74) is 1.77. The molecule has 0 aliphatic carbocycles. The quantitative estimate of drug-likeness (QED) is 0.856. The minimum absolute atomic E-state index is 0.0736. The smallest absolute Gasteiger partial charge is 0.143 e. The lowest BCUT2D eigenvalue weighted by Crippen LogP contribution is -2.12. The topological polar surface area (TPSA) is 35.8 Å². The van der Waals surface area contributed by atoms with Gasteiger partial charge in [-0.15, -0.1) is 0 Å². The lowest BCUT2D eigenvalue weighted by molar-refractivity contribution is 0.622. The average Bonchev–Trinajstić information content (AvgIpc) is 2.48. The van der Waals surface area contributed by atoms with E-state index in [-0.39, 0.29) is 11.6 Å². The first-order chi connectivity index (χ1) is 9.76. The molecule has 0 radical (unpaired) electrons. The molecule has 2 rings (SSSR count). The molecule has 0 aromatic heterocycles. The number of benzene rings is 2. The largest absolute Gasteiger partial charge is 0.377 e. The monoisotopic (exact) mass is 268 g/mol. The van der Waals surface area contributed by atoms with Crippen molar-refractivity contribution in [2.75, 3.05) is 5.32 Å². The molecular weight excluding hydrogens is 251 g/mol. The highest BCUT2D eigenvalue weighted by atomic mass is 19.1. The second-order valence-corrected chi connectivity index (χ2v) is 4.67. The SMILES string of the molecule is CCCC(Nc1cccc(F)c1C#N)c1ccccc1. The number of nitrogens with zero attached hydrogens (tertiary/aromatic N) is 1. The van der Waals surface area contributed by atoms with Crippen molar-refractivity contribution < 1.29 is 4.39 Å². The number of nitrogens with one attached hydrogen (secondary N) is 1. The van der Waals surface area contributed by atoms with Crippen molar-refractivity contribution in [3.05, 3.63) is 65.5 Å². The Bertz CT molecular complexity index is 602. The number of hydrogen-bond acceptors (Lipinski definition) is 2. The van der Waals surface area contributed by atoms with Gasteiger partial charge < -0.3 is 5.32 Å². The summed E-state index contributed by atoms with van der Waals surface area (Å²) in [5, 5.41) is 12.4. The molecular formula is C17H17FN2. The first kappa shape index (κ1) is 14.1. The molecule has 0 saturated heterocycles. The molecule has 0 spiro atoms. The summed E-state index contributed by atoms with van der Waals surface area (Å²) in [6.07, 6.45) is 1.93. The number of nitriles is 1. The van der Waals surface area contributed by atoms with Gasteiger partial charge in [0.05, 0.1) is 11.7 Å². The van der Waals surface area contributed by atoms with Gasteiger partial charge in [0.1, 0.15) is 17.4 Å². The van der Waals surface area contributed by atoms with Crippen LogP contribution in [0.15, 0.2) is 48.5 Å². The van der Waals surface area contributed by atoms with Crippen LogP contribution in [0.2, 0.25) is 0 Å². The molecule has 20 heavy (non-hydrogen) atoms. The number of hydrogen-bond donors (Lipinski definition) is 1. The maximum Gasteiger partial charge on any atom is 0.143 e. The number of rotatable bonds is 5. The highest BCUT2D eigenvalue weighted by Gasteiger charge is 2.14. The number of anilines is 1. The molecule has 1 atom stereocenters. The predicted octanol–water partition coefficient (Wildman–Crippen LogP) is 4.65. The Labute approximate surface area is 118 Å². The lowest BCUT2D eigenvalue weighted by Gasteiger charge is -2.20. The van der Waals surface area contributed by atoms with Crippen molar-refractivity contribution in [2.45, 2.75) is 25.8 Å². The van der Waals surface area contributed by atoms with Crippen LogP contribution in [-0.2, 0) is 0 Å². The first-order valence-electron chi connectivity index (χ1n) is 6.76. The molecule has 0 saturated carbocycles. The van der Waals surface area contributed by atoms with Gasteiger partial charge in [0.2, 0.25) is 0 Å². The van der Waals surface area contributed by atoms with E-state index >= 15 is 0 Å². The predicted molar refractivity (Wildman–Crippen MR) is 78.8 cm³/mol. The van der Waals surface area contributed by atoms with E-state index in [9.17, 15) is 4.39 Å². The van der Waals surface area contributed by atoms with E-state index in [2.05, 4.69) is 12.2 Å². The summed E-state index contributed by atoms with van der Waals surface area (Å²) in [4.78, 5) is 0. The van der Waals surface area contributed by atoms with E-state index in [1.165, 1.54) is 6.07 Å². The van der Waals surface area contributed by atoms with Crippen LogP contribution < -0.4 is 5.32 Å². The average molecular weight is 268 g/mol. The van der Waals surface area contributed by atoms with Crippen molar-refractivity contribution in [3.63, 3.8) is 0 Å². The third-order valence-electron chi connectivity index (χ3n) is 3.23. The molecule has 0 bridgehead atoms. The summed E-state index contributed by atoms with van der Waals surface area (Å²) in [6.45, 7) is 2.11. The van der Waals surface area contributed by atoms with Gasteiger partial charge in [0, 0.05) is 0 Å². The van der Waals surface area contributed by atoms with Gasteiger partial charge in [-0.25, -0.2) is 4.39 Å². The van der Waals surface area contributed by atoms with Crippen LogP contribution in [0.3, 0.4) is 0 Å². The summed E-state index contributed by atoms with van der Waals surface area (Å²) in [7, 11) is 0. The maximum atomic E-state index is 13.6. The van der Waals surface area contributed by atoms with Crippen LogP contribution in [0.5, 0.6) is 0 Å². The van der Waals surface area contributed by atoms with Crippen LogP contribution in [0.1, 0.15) is 36.9 Å². The minimum atomic E-state index is -0.485. The molecule has 1 unspecified atom stereocenters. The van der Waals surface area contributed by atoms with Crippen molar-refractivity contribution >= 4 is 5.69 Å². The zero-order valence-corrected chi connectivity index (χ0v) is 11.4. The fraction of sp³-hybridized carbons (Fsp3) is 0.235. The highest BCUT2D eigenvalue weighted by molar-refractivity contribution is 5.59. The minimum Gasteiger partial charge on any atom is -0.377 e. The summed E-state index contributed by atoms with van der Waals surface area (Å²) < 4.78 is 13.6. The molecule has 1 N–H and O–H groups in total. The fourth-order valence-electron chi connectivity index (χ4n) is 2.24. The van der Waals surface area contributed by atoms with Crippen LogP contribution in [0.25, 0.3) is 0 Å². The van der Waals surface area contributed by atoms with Crippen molar-refractivity contribution in [3.8, 4) is 6.07 Å². The van der Waals surface area contributed by atoms with Crippen molar-refractivity contribution in [1.82, 2.24) is 0 Å². The Kier molecular flexibility index (Phi) is 4.73. The lowest BCUT2D eigenvalue weighted by atomic mass is 10.0. The van der Waals surface area contributed by atoms with Gasteiger partial charge in [-0.05, 0) is 24.1 Å². The Hall–Kier alpha value is -2.34. The molecule has 0 heterocycles. The van der Waals surface area contributed by atoms with E-state index in [1.54, 1.807) is 12.1 Å². The van der Waals surface area contributed by atoms with E-state index < -0.39 is 5.82 Å². The zero-order chi connectivity index (χ0) is 14.4. The summed E-state index contributed by atoms with van der Waals surface area (Å²) >= 11 is 0. The van der Waals surface area contributed by atoms with Crippen LogP contribution in [0, 0.1) is 17.1 Å². The first-order valence-corrected chi connectivity index (χ1v) is 6.76. The normalized spacial score (nSPS) is 11.7. The zero-order valence-electron chi connectivity index (χ0n) is 11.4. The van der Waals surface area contributed by atoms with Gasteiger partial charge in [-0.3, -0.25) is 0 Å². The van der Waals surface area contributed by atoms with E-state index in [4.69, 9.17) is 5.26 Å². The number of halogens is 1. The van der Waals surface area contributed by atoms with E-state index in [0.717, 1.165) is 18.4 Å². The molecule has 2 nitrogen and oxygen atoms in total. The second-order valence-electron chi connectivity index (χ2n) is 4.67. The van der Waals surface area contributed by atoms with Crippen LogP contribution >= 0.6 is 0 Å². The molecule has 102 valence electrons. The van der Waals surface area contributed by atoms with Crippen LogP contribution in [0.4, 0.5) is 10.1 Å². The molecule has 3 heteroatoms. The summed E-state index contributed by atoms with van der Waals surface area (Å²) in [5.74, 6) is -0.485. The molecule has 2 aromatic rings. The third kappa shape index (κ3) is 3.16. The molecule has 0 fully saturated rings. The van der Waals surface area contributed by atoms with Gasteiger partial charge in [0.15, 0.2) is 0 Å². The second kappa shape index (κ2) is 6.72. The third-order valence-corrected chi connectivity index (χ3v) is 3.23. The van der Waals surface area contributed by atoms with Crippen LogP contribution in [-0.4, -0.2) is 0 Å². The van der Waals surface area contributed by atoms with Gasteiger partial charge >= 0.3 is 0 Å². The Morgan fingerprint density at radius 1 is 1.15 bits per heavy atom. The molecule has 0 aliphatic heterocycles. The van der Waals surface area contributed by atoms with Crippen molar-refractivity contribution in [2.24, 2.45) is 0 Å². The molecule has 2 aromatic carbocycles. The molecule has 0 amide bonds. The fourth-order valence-corrected chi connectivity index (χ4v) is 2.24. The Morgan fingerprint density at radius 3 is 2.55 bits per heavy atom. The maximum absolute atomic E-state index is 13.6. The van der Waals surface area contributed by atoms with Gasteiger partial charge in [-0.2, -0.15) is 5.26 Å².